The van der Waals surface area contributed by atoms with Crippen molar-refractivity contribution < 1.29 is 0 Å². The standard InChI is InChI=1S/C12H14ClN3/c1-9(2)10-4-3-5-11(6-10)16-12(7-13)8-14-15-16/h3-6,8-9H,7H2,1-2H3. The van der Waals surface area contributed by atoms with Crippen molar-refractivity contribution in [3.05, 3.63) is 41.7 Å². The largest absolute Gasteiger partial charge is 0.216 e. The molecular weight excluding hydrogens is 222 g/mol. The fraction of sp³-hybridized carbons (Fsp3) is 0.333. The van der Waals surface area contributed by atoms with Crippen molar-refractivity contribution in [1.29, 1.82) is 0 Å². The molecule has 1 aromatic heterocycles. The van der Waals surface area contributed by atoms with E-state index in [9.17, 15) is 0 Å². The molecule has 2 aromatic rings. The van der Waals surface area contributed by atoms with Crippen LogP contribution >= 0.6 is 11.6 Å². The minimum absolute atomic E-state index is 0.416. The van der Waals surface area contributed by atoms with E-state index in [1.54, 1.807) is 10.9 Å². The van der Waals surface area contributed by atoms with Gasteiger partial charge >= 0.3 is 0 Å². The molecule has 0 amide bonds. The number of hydrogen-bond acceptors (Lipinski definition) is 2. The Bertz CT molecular complexity index is 477. The summed E-state index contributed by atoms with van der Waals surface area (Å²) in [6.07, 6.45) is 1.69. The topological polar surface area (TPSA) is 30.7 Å². The molecule has 1 heterocycles. The molecule has 1 aromatic carbocycles. The van der Waals surface area contributed by atoms with Gasteiger partial charge in [0.2, 0.25) is 0 Å². The molecule has 0 N–H and O–H groups in total. The SMILES string of the molecule is CC(C)c1cccc(-n2nncc2CCl)c1. The predicted octanol–water partition coefficient (Wildman–Crippen LogP) is 3.13. The van der Waals surface area contributed by atoms with Crippen molar-refractivity contribution >= 4 is 11.6 Å². The van der Waals surface area contributed by atoms with E-state index in [1.807, 2.05) is 12.1 Å². The summed E-state index contributed by atoms with van der Waals surface area (Å²) in [5, 5.41) is 7.91. The lowest BCUT2D eigenvalue weighted by Gasteiger charge is -2.09. The first-order chi connectivity index (χ1) is 7.72. The summed E-state index contributed by atoms with van der Waals surface area (Å²) in [5.41, 5.74) is 3.20. The Morgan fingerprint density at radius 3 is 2.88 bits per heavy atom. The summed E-state index contributed by atoms with van der Waals surface area (Å²) in [4.78, 5) is 0. The zero-order valence-electron chi connectivity index (χ0n) is 9.39. The van der Waals surface area contributed by atoms with Gasteiger partial charge in [-0.05, 0) is 23.6 Å². The third-order valence-electron chi connectivity index (χ3n) is 2.54. The second-order valence-electron chi connectivity index (χ2n) is 4.02. The van der Waals surface area contributed by atoms with Crippen LogP contribution in [0.2, 0.25) is 0 Å². The van der Waals surface area contributed by atoms with Gasteiger partial charge in [-0.2, -0.15) is 0 Å². The van der Waals surface area contributed by atoms with Gasteiger partial charge in [-0.1, -0.05) is 31.2 Å². The molecule has 0 radical (unpaired) electrons. The molecule has 0 saturated carbocycles. The monoisotopic (exact) mass is 235 g/mol. The maximum absolute atomic E-state index is 5.82. The summed E-state index contributed by atoms with van der Waals surface area (Å²) in [7, 11) is 0. The summed E-state index contributed by atoms with van der Waals surface area (Å²) in [6.45, 7) is 4.34. The van der Waals surface area contributed by atoms with Crippen molar-refractivity contribution in [3.8, 4) is 5.69 Å². The van der Waals surface area contributed by atoms with Crippen LogP contribution in [0.5, 0.6) is 0 Å². The third kappa shape index (κ3) is 2.09. The molecule has 0 aliphatic rings. The van der Waals surface area contributed by atoms with E-state index >= 15 is 0 Å². The number of rotatable bonds is 3. The summed E-state index contributed by atoms with van der Waals surface area (Å²) in [6, 6.07) is 8.28. The zero-order valence-corrected chi connectivity index (χ0v) is 10.1. The second-order valence-corrected chi connectivity index (χ2v) is 4.29. The normalized spacial score (nSPS) is 11.0. The molecule has 0 atom stereocenters. The van der Waals surface area contributed by atoms with Crippen LogP contribution in [0.3, 0.4) is 0 Å². The Kier molecular flexibility index (Phi) is 3.25. The fourth-order valence-corrected chi connectivity index (χ4v) is 1.76. The molecule has 0 aliphatic heterocycles. The number of benzene rings is 1. The van der Waals surface area contributed by atoms with Crippen LogP contribution in [0.15, 0.2) is 30.5 Å². The van der Waals surface area contributed by atoms with E-state index in [0.29, 0.717) is 11.8 Å². The van der Waals surface area contributed by atoms with Crippen LogP contribution in [-0.4, -0.2) is 15.0 Å². The van der Waals surface area contributed by atoms with Crippen LogP contribution in [0.1, 0.15) is 31.0 Å². The highest BCUT2D eigenvalue weighted by Gasteiger charge is 2.06. The van der Waals surface area contributed by atoms with Gasteiger partial charge in [-0.3, -0.25) is 0 Å². The molecule has 3 nitrogen and oxygen atoms in total. The van der Waals surface area contributed by atoms with Crippen molar-refractivity contribution in [3.63, 3.8) is 0 Å². The molecule has 0 saturated heterocycles. The quantitative estimate of drug-likeness (QED) is 0.766. The highest BCUT2D eigenvalue weighted by atomic mass is 35.5. The van der Waals surface area contributed by atoms with Crippen LogP contribution in [-0.2, 0) is 5.88 Å². The third-order valence-corrected chi connectivity index (χ3v) is 2.81. The lowest BCUT2D eigenvalue weighted by molar-refractivity contribution is 0.775. The lowest BCUT2D eigenvalue weighted by atomic mass is 10.0. The van der Waals surface area contributed by atoms with Crippen LogP contribution in [0.25, 0.3) is 5.69 Å². The second kappa shape index (κ2) is 4.66. The first-order valence-corrected chi connectivity index (χ1v) is 5.81. The molecule has 0 fully saturated rings. The van der Waals surface area contributed by atoms with Gasteiger partial charge < -0.3 is 0 Å². The summed E-state index contributed by atoms with van der Waals surface area (Å²) >= 11 is 5.82. The number of nitrogens with zero attached hydrogens (tertiary/aromatic N) is 3. The average molecular weight is 236 g/mol. The van der Waals surface area contributed by atoms with Crippen molar-refractivity contribution in [2.24, 2.45) is 0 Å². The van der Waals surface area contributed by atoms with E-state index in [-0.39, 0.29) is 0 Å². The first-order valence-electron chi connectivity index (χ1n) is 5.28. The van der Waals surface area contributed by atoms with E-state index in [0.717, 1.165) is 11.4 Å². The molecular formula is C12H14ClN3. The average Bonchev–Trinajstić information content (AvgIpc) is 2.77. The maximum atomic E-state index is 5.82. The molecule has 2 rings (SSSR count). The van der Waals surface area contributed by atoms with Gasteiger partial charge in [-0.15, -0.1) is 16.7 Å². The summed E-state index contributed by atoms with van der Waals surface area (Å²) in [5.74, 6) is 0.918. The van der Waals surface area contributed by atoms with Crippen LogP contribution < -0.4 is 0 Å². The Balaban J connectivity index is 2.44. The van der Waals surface area contributed by atoms with Gasteiger partial charge in [0.15, 0.2) is 0 Å². The van der Waals surface area contributed by atoms with Crippen molar-refractivity contribution in [2.45, 2.75) is 25.6 Å². The minimum Gasteiger partial charge on any atom is -0.216 e. The maximum Gasteiger partial charge on any atom is 0.0793 e. The summed E-state index contributed by atoms with van der Waals surface area (Å²) < 4.78 is 1.78. The van der Waals surface area contributed by atoms with Gasteiger partial charge in [0.25, 0.3) is 0 Å². The van der Waals surface area contributed by atoms with Crippen LogP contribution in [0, 0.1) is 0 Å². The van der Waals surface area contributed by atoms with Gasteiger partial charge in [0, 0.05) is 0 Å². The molecule has 0 unspecified atom stereocenters. The Hall–Kier alpha value is -1.35. The van der Waals surface area contributed by atoms with Gasteiger partial charge in [0.05, 0.1) is 23.5 Å². The molecule has 16 heavy (non-hydrogen) atoms. The van der Waals surface area contributed by atoms with Crippen molar-refractivity contribution in [2.75, 3.05) is 0 Å². The van der Waals surface area contributed by atoms with Gasteiger partial charge in [0.1, 0.15) is 0 Å². The number of halogens is 1. The van der Waals surface area contributed by atoms with Gasteiger partial charge in [-0.25, -0.2) is 4.68 Å². The Morgan fingerprint density at radius 2 is 2.19 bits per heavy atom. The highest BCUT2D eigenvalue weighted by Crippen LogP contribution is 2.18. The Morgan fingerprint density at radius 1 is 1.38 bits per heavy atom. The minimum atomic E-state index is 0.416. The predicted molar refractivity (Wildman–Crippen MR) is 65.0 cm³/mol. The number of aromatic nitrogens is 3. The molecule has 0 spiro atoms. The first kappa shape index (κ1) is 11.1. The fourth-order valence-electron chi connectivity index (χ4n) is 1.58. The van der Waals surface area contributed by atoms with E-state index < -0.39 is 0 Å². The Labute approximate surface area is 100 Å². The smallest absolute Gasteiger partial charge is 0.0793 e. The number of hydrogen-bond donors (Lipinski definition) is 0. The van der Waals surface area contributed by atoms with E-state index in [1.165, 1.54) is 5.56 Å². The van der Waals surface area contributed by atoms with E-state index in [2.05, 4.69) is 36.3 Å². The molecule has 84 valence electrons. The number of alkyl halides is 1. The zero-order chi connectivity index (χ0) is 11.5. The molecule has 0 bridgehead atoms. The molecule has 4 heteroatoms. The lowest BCUT2D eigenvalue weighted by Crippen LogP contribution is -2.01. The van der Waals surface area contributed by atoms with Crippen molar-refractivity contribution in [1.82, 2.24) is 15.0 Å². The van der Waals surface area contributed by atoms with Crippen LogP contribution in [0.4, 0.5) is 0 Å². The van der Waals surface area contributed by atoms with E-state index in [4.69, 9.17) is 11.6 Å². The molecule has 0 aliphatic carbocycles. The highest BCUT2D eigenvalue weighted by molar-refractivity contribution is 6.16.